The van der Waals surface area contributed by atoms with Crippen molar-refractivity contribution in [1.82, 2.24) is 14.9 Å². The zero-order valence-corrected chi connectivity index (χ0v) is 21.1. The van der Waals surface area contributed by atoms with Crippen molar-refractivity contribution in [2.75, 3.05) is 20.3 Å². The number of fused-ring (bicyclic) bond motifs is 1. The van der Waals surface area contributed by atoms with Crippen molar-refractivity contribution < 1.29 is 19.4 Å². The summed E-state index contributed by atoms with van der Waals surface area (Å²) >= 11 is 1.15. The number of carbonyl (C=O) groups excluding carboxylic acids is 1. The largest absolute Gasteiger partial charge is 0.465 e. The van der Waals surface area contributed by atoms with Gasteiger partial charge in [-0.3, -0.25) is 9.69 Å². The molecule has 8 nitrogen and oxygen atoms in total. The first-order chi connectivity index (χ1) is 17.4. The van der Waals surface area contributed by atoms with Gasteiger partial charge < -0.3 is 19.6 Å². The van der Waals surface area contributed by atoms with E-state index in [1.54, 1.807) is 6.92 Å². The topological polar surface area (TPSA) is 105 Å². The van der Waals surface area contributed by atoms with Crippen molar-refractivity contribution in [2.24, 2.45) is 0 Å². The minimum atomic E-state index is -0.734. The lowest BCUT2D eigenvalue weighted by Gasteiger charge is -2.25. The first kappa shape index (κ1) is 25.7. The Hall–Kier alpha value is -3.37. The lowest BCUT2D eigenvalue weighted by Crippen LogP contribution is -2.35. The molecule has 0 spiro atoms. The standard InChI is InChI=1S/C27H29N3O5S/c1-18-23-25(32)28-22(29-26(23)36-24(18)27(33)34-2)15-30(13-19-9-5-3-6-10-19)14-21(31)17-35-16-20-11-7-4-8-12-20/h3-12,21,31H,13-17H2,1-2H3,(H,28,29,32). The Labute approximate surface area is 213 Å². The van der Waals surface area contributed by atoms with Crippen LogP contribution in [0.2, 0.25) is 0 Å². The molecule has 4 aromatic rings. The molecule has 0 bridgehead atoms. The van der Waals surface area contributed by atoms with Gasteiger partial charge in [-0.1, -0.05) is 60.7 Å². The zero-order chi connectivity index (χ0) is 25.5. The third-order valence-corrected chi connectivity index (χ3v) is 6.90. The summed E-state index contributed by atoms with van der Waals surface area (Å²) in [5.74, 6) is -0.0284. The Balaban J connectivity index is 1.50. The Kier molecular flexibility index (Phi) is 8.61. The first-order valence-corrected chi connectivity index (χ1v) is 12.4. The van der Waals surface area contributed by atoms with Crippen LogP contribution in [0.5, 0.6) is 0 Å². The molecule has 4 rings (SSSR count). The molecule has 188 valence electrons. The van der Waals surface area contributed by atoms with Crippen LogP contribution in [-0.2, 0) is 29.2 Å². The molecule has 36 heavy (non-hydrogen) atoms. The highest BCUT2D eigenvalue weighted by Gasteiger charge is 2.21. The van der Waals surface area contributed by atoms with E-state index in [1.807, 2.05) is 65.6 Å². The van der Waals surface area contributed by atoms with Crippen LogP contribution in [0.3, 0.4) is 0 Å². The molecule has 0 fully saturated rings. The quantitative estimate of drug-likeness (QED) is 0.299. The van der Waals surface area contributed by atoms with Crippen molar-refractivity contribution in [3.05, 3.63) is 98.4 Å². The van der Waals surface area contributed by atoms with Gasteiger partial charge in [0.25, 0.3) is 5.56 Å². The fraction of sp³-hybridized carbons (Fsp3) is 0.296. The molecule has 0 aliphatic carbocycles. The number of hydrogen-bond acceptors (Lipinski definition) is 8. The summed E-state index contributed by atoms with van der Waals surface area (Å²) in [5, 5.41) is 11.1. The lowest BCUT2D eigenvalue weighted by molar-refractivity contribution is 0.00673. The number of benzene rings is 2. The summed E-state index contributed by atoms with van der Waals surface area (Å²) < 4.78 is 10.6. The Bertz CT molecular complexity index is 1350. The second-order valence-electron chi connectivity index (χ2n) is 8.55. The fourth-order valence-corrected chi connectivity index (χ4v) is 5.15. The van der Waals surface area contributed by atoms with E-state index < -0.39 is 12.1 Å². The average Bonchev–Trinajstić information content (AvgIpc) is 3.21. The minimum absolute atomic E-state index is 0.176. The molecule has 1 atom stereocenters. The van der Waals surface area contributed by atoms with E-state index in [4.69, 9.17) is 9.47 Å². The highest BCUT2D eigenvalue weighted by atomic mass is 32.1. The van der Waals surface area contributed by atoms with Gasteiger partial charge in [0.15, 0.2) is 0 Å². The van der Waals surface area contributed by atoms with Gasteiger partial charge in [-0.2, -0.15) is 0 Å². The van der Waals surface area contributed by atoms with Gasteiger partial charge in [0.2, 0.25) is 0 Å². The summed E-state index contributed by atoms with van der Waals surface area (Å²) in [6.45, 7) is 3.49. The molecule has 0 aliphatic rings. The van der Waals surface area contributed by atoms with E-state index >= 15 is 0 Å². The number of esters is 1. The van der Waals surface area contributed by atoms with Crippen LogP contribution in [0.1, 0.15) is 32.2 Å². The van der Waals surface area contributed by atoms with E-state index in [9.17, 15) is 14.7 Å². The third kappa shape index (κ3) is 6.44. The third-order valence-electron chi connectivity index (χ3n) is 5.73. The molecular formula is C27H29N3O5S. The summed E-state index contributed by atoms with van der Waals surface area (Å²) in [4.78, 5) is 35.3. The molecule has 2 aromatic carbocycles. The molecule has 2 aromatic heterocycles. The lowest BCUT2D eigenvalue weighted by atomic mass is 10.2. The molecule has 2 N–H and O–H groups in total. The van der Waals surface area contributed by atoms with Gasteiger partial charge in [-0.15, -0.1) is 11.3 Å². The number of aliphatic hydroxyl groups is 1. The summed E-state index contributed by atoms with van der Waals surface area (Å²) in [6, 6.07) is 19.7. The summed E-state index contributed by atoms with van der Waals surface area (Å²) in [6.07, 6.45) is -0.734. The fourth-order valence-electron chi connectivity index (χ4n) is 4.03. The maximum atomic E-state index is 12.9. The maximum Gasteiger partial charge on any atom is 0.348 e. The van der Waals surface area contributed by atoms with Crippen molar-refractivity contribution in [2.45, 2.75) is 32.7 Å². The van der Waals surface area contributed by atoms with Crippen molar-refractivity contribution in [1.29, 1.82) is 0 Å². The summed E-state index contributed by atoms with van der Waals surface area (Å²) in [5.41, 5.74) is 2.37. The maximum absolute atomic E-state index is 12.9. The highest BCUT2D eigenvalue weighted by molar-refractivity contribution is 7.20. The minimum Gasteiger partial charge on any atom is -0.465 e. The number of methoxy groups -OCH3 is 1. The number of hydrogen-bond donors (Lipinski definition) is 2. The number of nitrogens with one attached hydrogen (secondary N) is 1. The number of nitrogens with zero attached hydrogens (tertiary/aromatic N) is 2. The van der Waals surface area contributed by atoms with E-state index in [2.05, 4.69) is 9.97 Å². The van der Waals surface area contributed by atoms with Gasteiger partial charge in [0.1, 0.15) is 15.5 Å². The Morgan fingerprint density at radius 2 is 1.75 bits per heavy atom. The van der Waals surface area contributed by atoms with Crippen LogP contribution in [0.25, 0.3) is 10.2 Å². The monoisotopic (exact) mass is 507 g/mol. The van der Waals surface area contributed by atoms with Crippen molar-refractivity contribution >= 4 is 27.5 Å². The van der Waals surface area contributed by atoms with Gasteiger partial charge in [-0.25, -0.2) is 9.78 Å². The SMILES string of the molecule is COC(=O)c1sc2nc(CN(Cc3ccccc3)CC(O)COCc3ccccc3)[nH]c(=O)c2c1C. The number of aromatic amines is 1. The molecule has 0 saturated carbocycles. The van der Waals surface area contributed by atoms with Crippen LogP contribution in [0, 0.1) is 6.92 Å². The number of aromatic nitrogens is 2. The number of H-pyrrole nitrogens is 1. The molecule has 0 radical (unpaired) electrons. The predicted octanol–water partition coefficient (Wildman–Crippen LogP) is 3.66. The molecule has 0 amide bonds. The number of thiophene rings is 1. The summed E-state index contributed by atoms with van der Waals surface area (Å²) in [7, 11) is 1.31. The van der Waals surface area contributed by atoms with Crippen molar-refractivity contribution in [3.63, 3.8) is 0 Å². The molecule has 1 unspecified atom stereocenters. The highest BCUT2D eigenvalue weighted by Crippen LogP contribution is 2.27. The van der Waals surface area contributed by atoms with Crippen LogP contribution in [-0.4, -0.2) is 52.3 Å². The van der Waals surface area contributed by atoms with Crippen LogP contribution in [0.15, 0.2) is 65.5 Å². The zero-order valence-electron chi connectivity index (χ0n) is 20.3. The Morgan fingerprint density at radius 1 is 1.08 bits per heavy atom. The normalized spacial score (nSPS) is 12.2. The number of carbonyl (C=O) groups is 1. The molecule has 2 heterocycles. The Morgan fingerprint density at radius 3 is 2.42 bits per heavy atom. The van der Waals surface area contributed by atoms with E-state index in [0.29, 0.717) is 52.7 Å². The van der Waals surface area contributed by atoms with Crippen LogP contribution < -0.4 is 5.56 Å². The van der Waals surface area contributed by atoms with Crippen molar-refractivity contribution in [3.8, 4) is 0 Å². The second kappa shape index (κ2) is 12.0. The molecule has 9 heteroatoms. The van der Waals surface area contributed by atoms with Gasteiger partial charge in [0, 0.05) is 13.1 Å². The number of rotatable bonds is 11. The smallest absolute Gasteiger partial charge is 0.348 e. The molecule has 0 saturated heterocycles. The van der Waals surface area contributed by atoms with E-state index in [1.165, 1.54) is 7.11 Å². The number of ether oxygens (including phenoxy) is 2. The average molecular weight is 508 g/mol. The van der Waals surface area contributed by atoms with Crippen LogP contribution in [0.4, 0.5) is 0 Å². The number of aliphatic hydroxyl groups excluding tert-OH is 1. The predicted molar refractivity (Wildman–Crippen MR) is 139 cm³/mol. The molecular weight excluding hydrogens is 478 g/mol. The van der Waals surface area contributed by atoms with E-state index in [-0.39, 0.29) is 12.2 Å². The second-order valence-corrected chi connectivity index (χ2v) is 9.55. The van der Waals surface area contributed by atoms with Gasteiger partial charge in [0.05, 0.1) is 38.4 Å². The van der Waals surface area contributed by atoms with Gasteiger partial charge >= 0.3 is 5.97 Å². The van der Waals surface area contributed by atoms with Gasteiger partial charge in [-0.05, 0) is 23.6 Å². The first-order valence-electron chi connectivity index (χ1n) is 11.6. The van der Waals surface area contributed by atoms with E-state index in [0.717, 1.165) is 22.5 Å². The molecule has 0 aliphatic heterocycles. The van der Waals surface area contributed by atoms with Crippen LogP contribution >= 0.6 is 11.3 Å². The number of aryl methyl sites for hydroxylation is 1.